The Morgan fingerprint density at radius 2 is 1.87 bits per heavy atom. The summed E-state index contributed by atoms with van der Waals surface area (Å²) in [5.41, 5.74) is 1.78. The lowest BCUT2D eigenvalue weighted by Crippen LogP contribution is -2.43. The molecule has 23 heavy (non-hydrogen) atoms. The number of hydrogen-bond acceptors (Lipinski definition) is 2. The van der Waals surface area contributed by atoms with E-state index in [1.165, 1.54) is 0 Å². The SMILES string of the molecule is CCCCN(C)C(=O)C1CCN(C(=O)c2ccccc2C)CC1. The molecule has 1 fully saturated rings. The number of nitrogens with zero attached hydrogens (tertiary/aromatic N) is 2. The second kappa shape index (κ2) is 8.14. The first-order valence-corrected chi connectivity index (χ1v) is 8.64. The molecule has 1 aliphatic heterocycles. The van der Waals surface area contributed by atoms with Crippen LogP contribution in [0.2, 0.25) is 0 Å². The second-order valence-electron chi connectivity index (χ2n) is 6.49. The van der Waals surface area contributed by atoms with E-state index in [4.69, 9.17) is 0 Å². The molecule has 4 heteroatoms. The minimum absolute atomic E-state index is 0.0674. The van der Waals surface area contributed by atoms with Crippen LogP contribution in [0.5, 0.6) is 0 Å². The molecule has 2 amide bonds. The van der Waals surface area contributed by atoms with Gasteiger partial charge in [0.15, 0.2) is 0 Å². The van der Waals surface area contributed by atoms with Crippen LogP contribution in [0.15, 0.2) is 24.3 Å². The Morgan fingerprint density at radius 3 is 2.48 bits per heavy atom. The standard InChI is InChI=1S/C19H28N2O2/c1-4-5-12-20(3)18(22)16-10-13-21(14-11-16)19(23)17-9-7-6-8-15(17)2/h6-9,16H,4-5,10-14H2,1-3H3. The predicted octanol–water partition coefficient (Wildman–Crippen LogP) is 3.11. The number of carbonyl (C=O) groups excluding carboxylic acids is 2. The van der Waals surface area contributed by atoms with Crippen LogP contribution in [-0.2, 0) is 4.79 Å². The lowest BCUT2D eigenvalue weighted by molar-refractivity contribution is -0.135. The van der Waals surface area contributed by atoms with Crippen LogP contribution in [0, 0.1) is 12.8 Å². The lowest BCUT2D eigenvalue weighted by atomic mass is 9.94. The first kappa shape index (κ1) is 17.5. The molecule has 1 heterocycles. The molecular formula is C19H28N2O2. The molecule has 2 rings (SSSR count). The zero-order valence-corrected chi connectivity index (χ0v) is 14.5. The average molecular weight is 316 g/mol. The first-order valence-electron chi connectivity index (χ1n) is 8.64. The van der Waals surface area contributed by atoms with E-state index < -0.39 is 0 Å². The molecule has 4 nitrogen and oxygen atoms in total. The molecule has 1 aromatic rings. The predicted molar refractivity (Wildman–Crippen MR) is 92.4 cm³/mol. The molecule has 0 bridgehead atoms. The van der Waals surface area contributed by atoms with Crippen molar-refractivity contribution in [2.75, 3.05) is 26.7 Å². The van der Waals surface area contributed by atoms with Crippen molar-refractivity contribution in [3.05, 3.63) is 35.4 Å². The third kappa shape index (κ3) is 4.34. The van der Waals surface area contributed by atoms with E-state index in [9.17, 15) is 9.59 Å². The molecule has 0 aliphatic carbocycles. The summed E-state index contributed by atoms with van der Waals surface area (Å²) in [5, 5.41) is 0. The highest BCUT2D eigenvalue weighted by Gasteiger charge is 2.29. The Bertz CT molecular complexity index is 548. The molecule has 126 valence electrons. The van der Waals surface area contributed by atoms with Crippen molar-refractivity contribution in [1.29, 1.82) is 0 Å². The molecular weight excluding hydrogens is 288 g/mol. The number of aryl methyl sites for hydroxylation is 1. The lowest BCUT2D eigenvalue weighted by Gasteiger charge is -2.33. The molecule has 1 aliphatic rings. The van der Waals surface area contributed by atoms with Crippen molar-refractivity contribution in [2.45, 2.75) is 39.5 Å². The molecule has 0 aromatic heterocycles. The third-order valence-electron chi connectivity index (χ3n) is 4.73. The van der Waals surface area contributed by atoms with E-state index in [0.29, 0.717) is 13.1 Å². The van der Waals surface area contributed by atoms with Crippen LogP contribution in [0.1, 0.15) is 48.5 Å². The highest BCUT2D eigenvalue weighted by Crippen LogP contribution is 2.22. The average Bonchev–Trinajstić information content (AvgIpc) is 2.59. The summed E-state index contributed by atoms with van der Waals surface area (Å²) >= 11 is 0. The van der Waals surface area contributed by atoms with E-state index in [-0.39, 0.29) is 17.7 Å². The highest BCUT2D eigenvalue weighted by atomic mass is 16.2. The number of carbonyl (C=O) groups is 2. The van der Waals surface area contributed by atoms with Crippen molar-refractivity contribution in [2.24, 2.45) is 5.92 Å². The van der Waals surface area contributed by atoms with Gasteiger partial charge in [-0.05, 0) is 37.8 Å². The molecule has 0 unspecified atom stereocenters. The van der Waals surface area contributed by atoms with Gasteiger partial charge in [-0.1, -0.05) is 31.5 Å². The Labute approximate surface area is 139 Å². The van der Waals surface area contributed by atoms with Gasteiger partial charge in [0.2, 0.25) is 5.91 Å². The normalized spacial score (nSPS) is 15.5. The Balaban J connectivity index is 1.90. The molecule has 0 spiro atoms. The molecule has 0 atom stereocenters. The third-order valence-corrected chi connectivity index (χ3v) is 4.73. The first-order chi connectivity index (χ1) is 11.0. The number of likely N-dealkylation sites (tertiary alicyclic amines) is 1. The second-order valence-corrected chi connectivity index (χ2v) is 6.49. The zero-order chi connectivity index (χ0) is 16.8. The van der Waals surface area contributed by atoms with Crippen LogP contribution in [-0.4, -0.2) is 48.3 Å². The number of unbranched alkanes of at least 4 members (excludes halogenated alkanes) is 1. The zero-order valence-electron chi connectivity index (χ0n) is 14.5. The van der Waals surface area contributed by atoms with Crippen molar-refractivity contribution in [3.63, 3.8) is 0 Å². The summed E-state index contributed by atoms with van der Waals surface area (Å²) in [4.78, 5) is 28.8. The van der Waals surface area contributed by atoms with E-state index in [2.05, 4.69) is 6.92 Å². The van der Waals surface area contributed by atoms with Crippen LogP contribution in [0.25, 0.3) is 0 Å². The number of rotatable bonds is 5. The molecule has 0 N–H and O–H groups in total. The minimum Gasteiger partial charge on any atom is -0.346 e. The quantitative estimate of drug-likeness (QED) is 0.837. The summed E-state index contributed by atoms with van der Waals surface area (Å²) in [6, 6.07) is 7.70. The van der Waals surface area contributed by atoms with Crippen LogP contribution in [0.3, 0.4) is 0 Å². The minimum atomic E-state index is 0.0674. The summed E-state index contributed by atoms with van der Waals surface area (Å²) in [5.74, 6) is 0.396. The van der Waals surface area contributed by atoms with Gasteiger partial charge in [0.1, 0.15) is 0 Å². The van der Waals surface area contributed by atoms with E-state index in [0.717, 1.165) is 43.4 Å². The topological polar surface area (TPSA) is 40.6 Å². The number of amides is 2. The van der Waals surface area contributed by atoms with E-state index in [1.807, 2.05) is 48.0 Å². The van der Waals surface area contributed by atoms with Gasteiger partial charge >= 0.3 is 0 Å². The van der Waals surface area contributed by atoms with E-state index >= 15 is 0 Å². The van der Waals surface area contributed by atoms with Crippen LogP contribution >= 0.6 is 0 Å². The molecule has 1 aromatic carbocycles. The Hall–Kier alpha value is -1.84. The van der Waals surface area contributed by atoms with Crippen molar-refractivity contribution < 1.29 is 9.59 Å². The van der Waals surface area contributed by atoms with Gasteiger partial charge in [0, 0.05) is 38.2 Å². The van der Waals surface area contributed by atoms with Gasteiger partial charge in [-0.2, -0.15) is 0 Å². The largest absolute Gasteiger partial charge is 0.346 e. The smallest absolute Gasteiger partial charge is 0.254 e. The summed E-state index contributed by atoms with van der Waals surface area (Å²) in [7, 11) is 1.89. The van der Waals surface area contributed by atoms with Gasteiger partial charge in [-0.15, -0.1) is 0 Å². The van der Waals surface area contributed by atoms with Crippen LogP contribution in [0.4, 0.5) is 0 Å². The highest BCUT2D eigenvalue weighted by molar-refractivity contribution is 5.95. The van der Waals surface area contributed by atoms with Gasteiger partial charge < -0.3 is 9.80 Å². The fraction of sp³-hybridized carbons (Fsp3) is 0.579. The van der Waals surface area contributed by atoms with Crippen molar-refractivity contribution >= 4 is 11.8 Å². The fourth-order valence-corrected chi connectivity index (χ4v) is 3.13. The number of hydrogen-bond donors (Lipinski definition) is 0. The molecule has 0 saturated carbocycles. The van der Waals surface area contributed by atoms with Crippen molar-refractivity contribution in [1.82, 2.24) is 9.80 Å². The Kier molecular flexibility index (Phi) is 6.20. The maximum Gasteiger partial charge on any atom is 0.254 e. The number of piperidine rings is 1. The summed E-state index contributed by atoms with van der Waals surface area (Å²) in [6.45, 7) is 6.27. The Morgan fingerprint density at radius 1 is 1.22 bits per heavy atom. The maximum absolute atomic E-state index is 12.6. The van der Waals surface area contributed by atoms with Crippen LogP contribution < -0.4 is 0 Å². The number of benzene rings is 1. The maximum atomic E-state index is 12.6. The van der Waals surface area contributed by atoms with E-state index in [1.54, 1.807) is 0 Å². The van der Waals surface area contributed by atoms with Gasteiger partial charge in [0.05, 0.1) is 0 Å². The molecule has 1 saturated heterocycles. The van der Waals surface area contributed by atoms with Crippen molar-refractivity contribution in [3.8, 4) is 0 Å². The van der Waals surface area contributed by atoms with Gasteiger partial charge in [-0.3, -0.25) is 9.59 Å². The fourth-order valence-electron chi connectivity index (χ4n) is 3.13. The summed E-state index contributed by atoms with van der Waals surface area (Å²) in [6.07, 6.45) is 3.69. The van der Waals surface area contributed by atoms with Gasteiger partial charge in [0.25, 0.3) is 5.91 Å². The molecule has 0 radical (unpaired) electrons. The monoisotopic (exact) mass is 316 g/mol. The van der Waals surface area contributed by atoms with Gasteiger partial charge in [-0.25, -0.2) is 0 Å². The summed E-state index contributed by atoms with van der Waals surface area (Å²) < 4.78 is 0.